The molecule has 0 saturated carbocycles. The molecule has 0 aliphatic carbocycles. The Bertz CT molecular complexity index is 1300. The lowest BCUT2D eigenvalue weighted by molar-refractivity contribution is 0.0342. The number of carbonyl (C=O) groups excluding carboxylic acids is 1. The fourth-order valence-electron chi connectivity index (χ4n) is 3.97. The number of aromatic amines is 2. The molecule has 1 aliphatic heterocycles. The number of halogens is 3. The molecule has 1 fully saturated rings. The van der Waals surface area contributed by atoms with E-state index in [1.54, 1.807) is 0 Å². The maximum absolute atomic E-state index is 14.4. The first-order valence-corrected chi connectivity index (χ1v) is 10.4. The SMILES string of the molecule is Cl.NC(=O)N(c1cn[nH]c1-c1nc2ccc(CN3CCOCC3)cc2[nH]1)c1c(F)cccc1F. The van der Waals surface area contributed by atoms with Crippen LogP contribution in [0.15, 0.2) is 42.6 Å². The summed E-state index contributed by atoms with van der Waals surface area (Å²) >= 11 is 0. The van der Waals surface area contributed by atoms with Gasteiger partial charge < -0.3 is 15.5 Å². The number of H-pyrrole nitrogens is 2. The number of anilines is 2. The average Bonchev–Trinajstić information content (AvgIpc) is 3.43. The number of imidazole rings is 1. The van der Waals surface area contributed by atoms with Crippen LogP contribution in [-0.4, -0.2) is 57.4 Å². The van der Waals surface area contributed by atoms with Gasteiger partial charge in [0.1, 0.15) is 23.0 Å². The third-order valence-electron chi connectivity index (χ3n) is 5.53. The molecule has 9 nitrogen and oxygen atoms in total. The molecule has 12 heteroatoms. The van der Waals surface area contributed by atoms with Gasteiger partial charge in [0.15, 0.2) is 5.82 Å². The van der Waals surface area contributed by atoms with Crippen LogP contribution in [-0.2, 0) is 11.3 Å². The van der Waals surface area contributed by atoms with Gasteiger partial charge in [0.05, 0.1) is 36.1 Å². The van der Waals surface area contributed by atoms with Crippen molar-refractivity contribution in [2.24, 2.45) is 5.73 Å². The first kappa shape index (κ1) is 23.6. The van der Waals surface area contributed by atoms with E-state index in [1.807, 2.05) is 18.2 Å². The summed E-state index contributed by atoms with van der Waals surface area (Å²) < 4.78 is 34.3. The zero-order valence-electron chi connectivity index (χ0n) is 17.9. The lowest BCUT2D eigenvalue weighted by atomic mass is 10.2. The third kappa shape index (κ3) is 4.45. The second-order valence-electron chi connectivity index (χ2n) is 7.70. The summed E-state index contributed by atoms with van der Waals surface area (Å²) in [5.41, 5.74) is 7.82. The topological polar surface area (TPSA) is 116 Å². The Morgan fingerprint density at radius 1 is 1.18 bits per heavy atom. The fourth-order valence-corrected chi connectivity index (χ4v) is 3.97. The number of fused-ring (bicyclic) bond motifs is 1. The number of urea groups is 1. The molecular weight excluding hydrogens is 468 g/mol. The van der Waals surface area contributed by atoms with E-state index in [9.17, 15) is 13.6 Å². The summed E-state index contributed by atoms with van der Waals surface area (Å²) in [5.74, 6) is -1.51. The molecule has 2 aromatic carbocycles. The van der Waals surface area contributed by atoms with Gasteiger partial charge >= 0.3 is 6.03 Å². The highest BCUT2D eigenvalue weighted by molar-refractivity contribution is 6.01. The minimum Gasteiger partial charge on any atom is -0.379 e. The van der Waals surface area contributed by atoms with Crippen LogP contribution in [0.1, 0.15) is 5.56 Å². The maximum atomic E-state index is 14.4. The monoisotopic (exact) mass is 489 g/mol. The number of nitrogens with one attached hydrogen (secondary N) is 2. The van der Waals surface area contributed by atoms with E-state index < -0.39 is 23.4 Å². The summed E-state index contributed by atoms with van der Waals surface area (Å²) in [6.45, 7) is 3.97. The van der Waals surface area contributed by atoms with Gasteiger partial charge in [-0.2, -0.15) is 5.10 Å². The molecule has 0 bridgehead atoms. The molecule has 5 rings (SSSR count). The number of amides is 2. The number of aromatic nitrogens is 4. The summed E-state index contributed by atoms with van der Waals surface area (Å²) in [4.78, 5) is 23.0. The van der Waals surface area contributed by atoms with E-state index in [-0.39, 0.29) is 23.8 Å². The van der Waals surface area contributed by atoms with Crippen LogP contribution in [0.4, 0.5) is 25.0 Å². The third-order valence-corrected chi connectivity index (χ3v) is 5.53. The molecule has 4 aromatic rings. The summed E-state index contributed by atoms with van der Waals surface area (Å²) in [5, 5.41) is 6.70. The van der Waals surface area contributed by atoms with Gasteiger partial charge in [0.25, 0.3) is 0 Å². The van der Waals surface area contributed by atoms with E-state index >= 15 is 0 Å². The van der Waals surface area contributed by atoms with Crippen LogP contribution >= 0.6 is 12.4 Å². The van der Waals surface area contributed by atoms with Crippen LogP contribution in [0.3, 0.4) is 0 Å². The Labute approximate surface area is 199 Å². The highest BCUT2D eigenvalue weighted by Gasteiger charge is 2.27. The number of para-hydroxylation sites is 1. The van der Waals surface area contributed by atoms with Crippen molar-refractivity contribution in [3.05, 3.63) is 59.8 Å². The van der Waals surface area contributed by atoms with Gasteiger partial charge in [-0.15, -0.1) is 12.4 Å². The molecule has 2 aromatic heterocycles. The predicted octanol–water partition coefficient (Wildman–Crippen LogP) is 3.70. The first-order valence-electron chi connectivity index (χ1n) is 10.4. The normalized spacial score (nSPS) is 14.2. The number of nitrogens with two attached hydrogens (primary N) is 1. The zero-order valence-corrected chi connectivity index (χ0v) is 18.7. The number of carbonyl (C=O) groups is 1. The van der Waals surface area contributed by atoms with E-state index in [2.05, 4.69) is 25.1 Å². The van der Waals surface area contributed by atoms with Crippen LogP contribution in [0.5, 0.6) is 0 Å². The smallest absolute Gasteiger partial charge is 0.324 e. The number of benzene rings is 2. The molecule has 2 amide bonds. The van der Waals surface area contributed by atoms with Gasteiger partial charge in [0, 0.05) is 19.6 Å². The molecule has 0 radical (unpaired) electrons. The van der Waals surface area contributed by atoms with E-state index in [4.69, 9.17) is 10.5 Å². The van der Waals surface area contributed by atoms with E-state index in [0.29, 0.717) is 11.3 Å². The average molecular weight is 490 g/mol. The predicted molar refractivity (Wildman–Crippen MR) is 125 cm³/mol. The number of rotatable bonds is 5. The van der Waals surface area contributed by atoms with E-state index in [0.717, 1.165) is 61.0 Å². The van der Waals surface area contributed by atoms with E-state index in [1.165, 1.54) is 12.3 Å². The van der Waals surface area contributed by atoms with Crippen LogP contribution in [0.25, 0.3) is 22.6 Å². The number of morpholine rings is 1. The minimum absolute atomic E-state index is 0. The van der Waals surface area contributed by atoms with Crippen molar-refractivity contribution in [1.82, 2.24) is 25.1 Å². The second-order valence-corrected chi connectivity index (χ2v) is 7.70. The van der Waals surface area contributed by atoms with Gasteiger partial charge in [0.2, 0.25) is 0 Å². The lowest BCUT2D eigenvalue weighted by Gasteiger charge is -2.26. The Balaban J connectivity index is 0.00000274. The Morgan fingerprint density at radius 2 is 1.91 bits per heavy atom. The van der Waals surface area contributed by atoms with Gasteiger partial charge in [-0.05, 0) is 29.8 Å². The molecule has 1 aliphatic rings. The van der Waals surface area contributed by atoms with Crippen molar-refractivity contribution in [3.8, 4) is 11.5 Å². The minimum atomic E-state index is -1.06. The van der Waals surface area contributed by atoms with Crippen molar-refractivity contribution < 1.29 is 18.3 Å². The second kappa shape index (κ2) is 9.75. The fraction of sp³-hybridized carbons (Fsp3) is 0.227. The van der Waals surface area contributed by atoms with Crippen molar-refractivity contribution in [2.45, 2.75) is 6.54 Å². The number of nitrogens with zero attached hydrogens (tertiary/aromatic N) is 4. The molecule has 0 spiro atoms. The molecule has 4 N–H and O–H groups in total. The zero-order chi connectivity index (χ0) is 22.9. The Morgan fingerprint density at radius 3 is 2.62 bits per heavy atom. The number of ether oxygens (including phenoxy) is 1. The van der Waals surface area contributed by atoms with Gasteiger partial charge in [-0.1, -0.05) is 12.1 Å². The Hall–Kier alpha value is -3.54. The summed E-state index contributed by atoms with van der Waals surface area (Å²) in [6, 6.07) is 8.13. The quantitative estimate of drug-likeness (QED) is 0.395. The van der Waals surface area contributed by atoms with Crippen molar-refractivity contribution in [2.75, 3.05) is 31.2 Å². The molecule has 0 unspecified atom stereocenters. The largest absolute Gasteiger partial charge is 0.379 e. The van der Waals surface area contributed by atoms with Gasteiger partial charge in [-0.3, -0.25) is 14.9 Å². The maximum Gasteiger partial charge on any atom is 0.324 e. The van der Waals surface area contributed by atoms with Crippen molar-refractivity contribution >= 4 is 40.8 Å². The standard InChI is InChI=1S/C22H21F2N7O2.ClH/c23-14-2-1-3-15(24)20(14)31(22(25)32)18-11-26-29-19(18)21-27-16-5-4-13(10-17(16)28-21)12-30-6-8-33-9-7-30;/h1-5,10-11H,6-9,12H2,(H2,25,32)(H,26,29)(H,27,28);1H. The van der Waals surface area contributed by atoms with Crippen LogP contribution in [0.2, 0.25) is 0 Å². The molecular formula is C22H22ClF2N7O2. The molecule has 1 saturated heterocycles. The summed E-state index contributed by atoms with van der Waals surface area (Å²) in [6.07, 6.45) is 1.27. The Kier molecular flexibility index (Phi) is 6.77. The molecule has 34 heavy (non-hydrogen) atoms. The van der Waals surface area contributed by atoms with Crippen molar-refractivity contribution in [1.29, 1.82) is 0 Å². The number of hydrogen-bond acceptors (Lipinski definition) is 5. The number of hydrogen-bond donors (Lipinski definition) is 3. The summed E-state index contributed by atoms with van der Waals surface area (Å²) in [7, 11) is 0. The van der Waals surface area contributed by atoms with Crippen LogP contribution < -0.4 is 10.6 Å². The molecule has 178 valence electrons. The van der Waals surface area contributed by atoms with Gasteiger partial charge in [-0.25, -0.2) is 18.6 Å². The molecule has 3 heterocycles. The molecule has 0 atom stereocenters. The highest BCUT2D eigenvalue weighted by Crippen LogP contribution is 2.35. The first-order chi connectivity index (χ1) is 16.0. The highest BCUT2D eigenvalue weighted by atomic mass is 35.5. The number of primary amides is 1. The lowest BCUT2D eigenvalue weighted by Crippen LogP contribution is -2.35. The van der Waals surface area contributed by atoms with Crippen molar-refractivity contribution in [3.63, 3.8) is 0 Å². The van der Waals surface area contributed by atoms with Crippen LogP contribution in [0, 0.1) is 11.6 Å².